The van der Waals surface area contributed by atoms with Crippen LogP contribution < -0.4 is 27.0 Å². The van der Waals surface area contributed by atoms with E-state index < -0.39 is 89.9 Å². The molecular weight excluding hydrogens is 889 g/mol. The first kappa shape index (κ1) is 54.2. The highest BCUT2D eigenvalue weighted by Gasteiger charge is 2.42. The molecule has 0 fully saturated rings. The van der Waals surface area contributed by atoms with Crippen LogP contribution in [0.1, 0.15) is 99.7 Å². The maximum absolute atomic E-state index is 15.0. The average Bonchev–Trinajstić information content (AvgIpc) is 3.81. The van der Waals surface area contributed by atoms with Crippen LogP contribution in [0, 0.1) is 11.8 Å². The quantitative estimate of drug-likeness (QED) is 0.0520. The Bertz CT molecular complexity index is 2290. The zero-order valence-corrected chi connectivity index (χ0v) is 40.7. The van der Waals surface area contributed by atoms with Crippen molar-refractivity contribution in [3.8, 4) is 0 Å². The summed E-state index contributed by atoms with van der Waals surface area (Å²) in [5.41, 5.74) is 7.91. The Morgan fingerprint density at radius 3 is 2.03 bits per heavy atom. The Morgan fingerprint density at radius 1 is 0.779 bits per heavy atom. The van der Waals surface area contributed by atoms with Gasteiger partial charge >= 0.3 is 12.2 Å². The van der Waals surface area contributed by atoms with Crippen molar-refractivity contribution >= 4 is 53.1 Å². The van der Waals surface area contributed by atoms with Crippen LogP contribution in [0.4, 0.5) is 9.59 Å². The Kier molecular flexibility index (Phi) is 20.9. The molecule has 4 rings (SSSR count). The van der Waals surface area contributed by atoms with Crippen LogP contribution in [0.15, 0.2) is 102 Å². The number of nitrogens with zero attached hydrogens (tertiary/aromatic N) is 1. The van der Waals surface area contributed by atoms with Crippen molar-refractivity contribution in [1.82, 2.24) is 26.2 Å². The van der Waals surface area contributed by atoms with Crippen molar-refractivity contribution in [3.63, 3.8) is 0 Å². The van der Waals surface area contributed by atoms with Gasteiger partial charge < -0.3 is 36.3 Å². The van der Waals surface area contributed by atoms with E-state index in [1.54, 1.807) is 113 Å². The topological polar surface area (TPSA) is 236 Å². The number of hydrogen-bond donors (Lipinski definition) is 6. The molecule has 0 saturated carbocycles. The van der Waals surface area contributed by atoms with E-state index in [9.17, 15) is 33.9 Å². The van der Waals surface area contributed by atoms with Crippen molar-refractivity contribution in [2.45, 2.75) is 130 Å². The number of carbonyl (C=O) groups excluding carboxylic acids is 7. The van der Waals surface area contributed by atoms with Crippen molar-refractivity contribution in [2.24, 2.45) is 17.6 Å². The van der Waals surface area contributed by atoms with Crippen LogP contribution in [0.5, 0.6) is 0 Å². The van der Waals surface area contributed by atoms with Gasteiger partial charge in [0.1, 0.15) is 24.3 Å². The summed E-state index contributed by atoms with van der Waals surface area (Å²) in [7, 11) is 0. The normalized spacial score (nSPS) is 14.0. The molecule has 0 radical (unpaired) electrons. The van der Waals surface area contributed by atoms with Gasteiger partial charge in [0.15, 0.2) is 0 Å². The van der Waals surface area contributed by atoms with E-state index in [4.69, 9.17) is 15.2 Å². The Balaban J connectivity index is 1.59. The predicted molar refractivity (Wildman–Crippen MR) is 259 cm³/mol. The Labute approximate surface area is 402 Å². The lowest BCUT2D eigenvalue weighted by Gasteiger charge is -2.38. The van der Waals surface area contributed by atoms with Crippen LogP contribution in [-0.2, 0) is 54.6 Å². The fourth-order valence-corrected chi connectivity index (χ4v) is 7.99. The zero-order valence-electron chi connectivity index (χ0n) is 39.9. The monoisotopic (exact) mass is 954 g/mol. The molecule has 0 unspecified atom stereocenters. The molecule has 0 aliphatic rings. The summed E-state index contributed by atoms with van der Waals surface area (Å²) >= 11 is 1.38. The summed E-state index contributed by atoms with van der Waals surface area (Å²) in [6, 6.07) is 22.5. The number of alkyl carbamates (subject to hydrolysis) is 2. The number of carbonyl (C=O) groups is 7. The molecule has 1 heterocycles. The molecule has 1 aromatic heterocycles. The second kappa shape index (κ2) is 26.2. The number of imide groups is 2. The van der Waals surface area contributed by atoms with Crippen molar-refractivity contribution < 1.29 is 48.1 Å². The largest absolute Gasteiger partial charge is 0.445 e. The molecule has 0 aliphatic heterocycles. The maximum atomic E-state index is 15.0. The maximum Gasteiger partial charge on any atom is 0.408 e. The van der Waals surface area contributed by atoms with Gasteiger partial charge in [-0.1, -0.05) is 113 Å². The lowest BCUT2D eigenvalue weighted by Crippen LogP contribution is -2.61. The first-order chi connectivity index (χ1) is 32.2. The van der Waals surface area contributed by atoms with E-state index in [2.05, 4.69) is 21.3 Å². The van der Waals surface area contributed by atoms with Gasteiger partial charge in [0.05, 0.1) is 24.6 Å². The number of hydrogen-bond acceptors (Lipinski definition) is 12. The number of benzene rings is 3. The summed E-state index contributed by atoms with van der Waals surface area (Å²) in [5, 5.41) is 24.2. The molecule has 6 atom stereocenters. The summed E-state index contributed by atoms with van der Waals surface area (Å²) in [5.74, 6) is -4.76. The average molecular weight is 955 g/mol. The minimum atomic E-state index is -1.68. The highest BCUT2D eigenvalue weighted by atomic mass is 32.1. The lowest BCUT2D eigenvalue weighted by atomic mass is 9.92. The molecule has 3 aromatic carbocycles. The van der Waals surface area contributed by atoms with E-state index in [1.165, 1.54) is 23.5 Å². The molecule has 7 amide bonds. The molecule has 0 aliphatic carbocycles. The third-order valence-electron chi connectivity index (χ3n) is 10.8. The van der Waals surface area contributed by atoms with Crippen molar-refractivity contribution in [3.05, 3.63) is 130 Å². The number of aliphatic hydroxyl groups excluding tert-OH is 1. The first-order valence-corrected chi connectivity index (χ1v) is 23.7. The second-order valence-electron chi connectivity index (χ2n) is 18.2. The van der Waals surface area contributed by atoms with Crippen molar-refractivity contribution in [1.29, 1.82) is 0 Å². The van der Waals surface area contributed by atoms with Gasteiger partial charge in [-0.3, -0.25) is 34.2 Å². The summed E-state index contributed by atoms with van der Waals surface area (Å²) < 4.78 is 10.8. The molecule has 17 heteroatoms. The predicted octanol–water partition coefficient (Wildman–Crippen LogP) is 6.19. The second-order valence-corrected chi connectivity index (χ2v) is 19.2. The fraction of sp³-hybridized carbons (Fsp3) is 0.431. The van der Waals surface area contributed by atoms with Gasteiger partial charge in [-0.05, 0) is 79.3 Å². The number of nitrogens with one attached hydrogen (secondary N) is 4. The molecule has 68 heavy (non-hydrogen) atoms. The number of ether oxygens (including phenoxy) is 2. The van der Waals surface area contributed by atoms with Gasteiger partial charge in [-0.15, -0.1) is 11.3 Å². The van der Waals surface area contributed by atoms with E-state index >= 15 is 4.79 Å². The highest BCUT2D eigenvalue weighted by molar-refractivity contribution is 7.09. The van der Waals surface area contributed by atoms with Crippen LogP contribution in [0.25, 0.3) is 0 Å². The SMILES string of the molecule is CC[C@H](C)[C@H](NC(=O)C[C@H](O)[C@H](CC(C)C)N(C(=O)[C@H](Cc1ccccc1)NC(=O)OCc1ccccc1)C(=O)[C@@H](N)Cc1cccs1)C(=O)NC(=O)c1cccc(CNC(=O)OC(C)(C)C)c1. The van der Waals surface area contributed by atoms with E-state index in [-0.39, 0.29) is 43.9 Å². The third kappa shape index (κ3) is 17.7. The van der Waals surface area contributed by atoms with Gasteiger partial charge in [0.2, 0.25) is 17.7 Å². The fourth-order valence-electron chi connectivity index (χ4n) is 7.22. The molecule has 4 aromatic rings. The summed E-state index contributed by atoms with van der Waals surface area (Å²) in [6.45, 7) is 12.3. The van der Waals surface area contributed by atoms with Crippen LogP contribution in [0.2, 0.25) is 0 Å². The number of nitrogens with two attached hydrogens (primary N) is 1. The lowest BCUT2D eigenvalue weighted by molar-refractivity contribution is -0.154. The minimum Gasteiger partial charge on any atom is -0.445 e. The number of amides is 7. The molecular formula is C51H66N6O10S. The van der Waals surface area contributed by atoms with Crippen LogP contribution in [0.3, 0.4) is 0 Å². The van der Waals surface area contributed by atoms with Crippen LogP contribution >= 0.6 is 11.3 Å². The molecule has 16 nitrogen and oxygen atoms in total. The number of aliphatic hydroxyl groups is 1. The summed E-state index contributed by atoms with van der Waals surface area (Å²) in [4.78, 5) is 98.0. The first-order valence-electron chi connectivity index (χ1n) is 22.8. The Morgan fingerprint density at radius 2 is 1.43 bits per heavy atom. The highest BCUT2D eigenvalue weighted by Crippen LogP contribution is 2.23. The smallest absolute Gasteiger partial charge is 0.408 e. The third-order valence-corrected chi connectivity index (χ3v) is 11.7. The Hall–Kier alpha value is -6.43. The van der Waals surface area contributed by atoms with Crippen molar-refractivity contribution in [2.75, 3.05) is 0 Å². The standard InChI is InChI=1S/C51H66N6O10S/c1-8-33(4)44(46(61)56-45(60)37-22-15-21-36(26-37)30-53-49(64)67-51(5,6)7)55-43(59)29-42(58)41(25-32(2)3)57(47(62)39(52)28-38-23-16-24-68-38)48(63)40(27-34-17-11-9-12-18-34)54-50(65)66-31-35-19-13-10-14-20-35/h9-24,26,32-33,39-42,44,58H,8,25,27-31,52H2,1-7H3,(H,53,64)(H,54,65)(H,55,59)(H,56,60,61)/t33-,39-,40-,41-,42-,44-/m0/s1. The molecule has 0 bridgehead atoms. The summed E-state index contributed by atoms with van der Waals surface area (Å²) in [6.07, 6.45) is -3.45. The minimum absolute atomic E-state index is 0.0320. The molecule has 366 valence electrons. The van der Waals surface area contributed by atoms with E-state index in [0.717, 1.165) is 9.78 Å². The molecule has 7 N–H and O–H groups in total. The molecule has 0 spiro atoms. The van der Waals surface area contributed by atoms with Crippen LogP contribution in [-0.4, -0.2) is 87.6 Å². The number of thiophene rings is 1. The van der Waals surface area contributed by atoms with Gasteiger partial charge in [-0.25, -0.2) is 9.59 Å². The van der Waals surface area contributed by atoms with E-state index in [0.29, 0.717) is 23.1 Å². The number of rotatable bonds is 22. The van der Waals surface area contributed by atoms with Gasteiger partial charge in [0, 0.05) is 29.8 Å². The van der Waals surface area contributed by atoms with Gasteiger partial charge in [0.25, 0.3) is 11.8 Å². The zero-order chi connectivity index (χ0) is 50.0. The van der Waals surface area contributed by atoms with E-state index in [1.807, 2.05) is 25.3 Å². The molecule has 0 saturated heterocycles. The van der Waals surface area contributed by atoms with Gasteiger partial charge in [-0.2, -0.15) is 0 Å².